The molecule has 1 N–H and O–H groups in total. The van der Waals surface area contributed by atoms with Gasteiger partial charge in [0.1, 0.15) is 0 Å². The zero-order valence-electron chi connectivity index (χ0n) is 11.7. The SMILES string of the molecule is CCCc1nc(CN2CCC(CNC)C2)cs1.Cl.Cl. The van der Waals surface area contributed by atoms with Gasteiger partial charge in [-0.15, -0.1) is 36.2 Å². The predicted octanol–water partition coefficient (Wildman–Crippen LogP) is 2.98. The van der Waals surface area contributed by atoms with Crippen LogP contribution in [0.4, 0.5) is 0 Å². The molecule has 1 atom stereocenters. The third-order valence-electron chi connectivity index (χ3n) is 3.31. The molecule has 1 aliphatic rings. The van der Waals surface area contributed by atoms with Gasteiger partial charge < -0.3 is 5.32 Å². The van der Waals surface area contributed by atoms with E-state index >= 15 is 0 Å². The number of hydrogen-bond donors (Lipinski definition) is 1. The minimum Gasteiger partial charge on any atom is -0.319 e. The van der Waals surface area contributed by atoms with Gasteiger partial charge >= 0.3 is 0 Å². The molecule has 1 aliphatic heterocycles. The van der Waals surface area contributed by atoms with Crippen molar-refractivity contribution >= 4 is 36.2 Å². The largest absolute Gasteiger partial charge is 0.319 e. The Morgan fingerprint density at radius 3 is 2.95 bits per heavy atom. The summed E-state index contributed by atoms with van der Waals surface area (Å²) in [5.41, 5.74) is 1.27. The summed E-state index contributed by atoms with van der Waals surface area (Å²) in [7, 11) is 2.04. The quantitative estimate of drug-likeness (QED) is 0.871. The van der Waals surface area contributed by atoms with Crippen molar-refractivity contribution in [2.45, 2.75) is 32.7 Å². The Kier molecular flexibility index (Phi) is 10.0. The summed E-state index contributed by atoms with van der Waals surface area (Å²) in [6, 6.07) is 0. The lowest BCUT2D eigenvalue weighted by molar-refractivity contribution is 0.312. The molecule has 19 heavy (non-hydrogen) atoms. The van der Waals surface area contributed by atoms with E-state index in [9.17, 15) is 0 Å². The van der Waals surface area contributed by atoms with Gasteiger partial charge in [-0.05, 0) is 45.3 Å². The van der Waals surface area contributed by atoms with Gasteiger partial charge in [-0.1, -0.05) is 6.92 Å². The van der Waals surface area contributed by atoms with Gasteiger partial charge in [0.05, 0.1) is 10.7 Å². The lowest BCUT2D eigenvalue weighted by Crippen LogP contribution is -2.24. The first-order valence-electron chi connectivity index (χ1n) is 6.62. The summed E-state index contributed by atoms with van der Waals surface area (Å²) >= 11 is 1.82. The van der Waals surface area contributed by atoms with E-state index in [1.54, 1.807) is 0 Å². The van der Waals surface area contributed by atoms with E-state index in [2.05, 4.69) is 22.5 Å². The molecule has 0 aliphatic carbocycles. The van der Waals surface area contributed by atoms with Crippen molar-refractivity contribution in [3.63, 3.8) is 0 Å². The smallest absolute Gasteiger partial charge is 0.0928 e. The Morgan fingerprint density at radius 2 is 2.26 bits per heavy atom. The van der Waals surface area contributed by atoms with Crippen LogP contribution in [0.5, 0.6) is 0 Å². The summed E-state index contributed by atoms with van der Waals surface area (Å²) in [5, 5.41) is 6.81. The van der Waals surface area contributed by atoms with Crippen molar-refractivity contribution in [2.75, 3.05) is 26.7 Å². The van der Waals surface area contributed by atoms with Crippen molar-refractivity contribution in [3.8, 4) is 0 Å². The van der Waals surface area contributed by atoms with Crippen LogP contribution in [0.3, 0.4) is 0 Å². The Labute approximate surface area is 133 Å². The van der Waals surface area contributed by atoms with Crippen LogP contribution in [0.1, 0.15) is 30.5 Å². The molecule has 0 aromatic carbocycles. The third kappa shape index (κ3) is 5.96. The maximum atomic E-state index is 4.70. The molecule has 1 aromatic rings. The Morgan fingerprint density at radius 1 is 1.47 bits per heavy atom. The highest BCUT2D eigenvalue weighted by Gasteiger charge is 2.22. The molecule has 0 amide bonds. The maximum Gasteiger partial charge on any atom is 0.0928 e. The highest BCUT2D eigenvalue weighted by molar-refractivity contribution is 7.09. The normalized spacial score (nSPS) is 18.9. The lowest BCUT2D eigenvalue weighted by Gasteiger charge is -2.14. The molecule has 112 valence electrons. The number of rotatable bonds is 6. The monoisotopic (exact) mass is 325 g/mol. The molecule has 1 unspecified atom stereocenters. The first-order valence-corrected chi connectivity index (χ1v) is 7.50. The summed E-state index contributed by atoms with van der Waals surface area (Å²) in [5.74, 6) is 0.828. The minimum absolute atomic E-state index is 0. The number of nitrogens with one attached hydrogen (secondary N) is 1. The molecule has 0 radical (unpaired) electrons. The molecule has 1 fully saturated rings. The van der Waals surface area contributed by atoms with Crippen molar-refractivity contribution < 1.29 is 0 Å². The van der Waals surface area contributed by atoms with Gasteiger partial charge in [-0.3, -0.25) is 4.90 Å². The molecule has 0 bridgehead atoms. The molecule has 0 saturated carbocycles. The van der Waals surface area contributed by atoms with Gasteiger partial charge in [-0.2, -0.15) is 0 Å². The Bertz CT molecular complexity index is 346. The van der Waals surface area contributed by atoms with Gasteiger partial charge in [0.25, 0.3) is 0 Å². The second-order valence-corrected chi connectivity index (χ2v) is 5.87. The maximum absolute atomic E-state index is 4.70. The Balaban J connectivity index is 0.00000162. The van der Waals surface area contributed by atoms with E-state index in [1.165, 1.54) is 36.6 Å². The van der Waals surface area contributed by atoms with Crippen LogP contribution < -0.4 is 5.32 Å². The van der Waals surface area contributed by atoms with Crippen LogP contribution in [0.15, 0.2) is 5.38 Å². The molecule has 1 aromatic heterocycles. The average Bonchev–Trinajstić information content (AvgIpc) is 2.91. The van der Waals surface area contributed by atoms with Gasteiger partial charge in [-0.25, -0.2) is 4.98 Å². The number of thiazole rings is 1. The molecule has 3 nitrogen and oxygen atoms in total. The van der Waals surface area contributed by atoms with Crippen LogP contribution >= 0.6 is 36.2 Å². The Hall–Kier alpha value is 0.130. The van der Waals surface area contributed by atoms with Gasteiger partial charge in [0.15, 0.2) is 0 Å². The summed E-state index contributed by atoms with van der Waals surface area (Å²) in [4.78, 5) is 7.23. The van der Waals surface area contributed by atoms with Crippen LogP contribution in [-0.4, -0.2) is 36.6 Å². The number of aryl methyl sites for hydroxylation is 1. The molecule has 0 spiro atoms. The van der Waals surface area contributed by atoms with Crippen molar-refractivity contribution in [2.24, 2.45) is 5.92 Å². The second-order valence-electron chi connectivity index (χ2n) is 4.93. The van der Waals surface area contributed by atoms with Crippen LogP contribution in [0.2, 0.25) is 0 Å². The van der Waals surface area contributed by atoms with Gasteiger partial charge in [0.2, 0.25) is 0 Å². The zero-order valence-corrected chi connectivity index (χ0v) is 14.2. The van der Waals surface area contributed by atoms with Crippen LogP contribution in [0.25, 0.3) is 0 Å². The fourth-order valence-electron chi connectivity index (χ4n) is 2.49. The van der Waals surface area contributed by atoms with Crippen molar-refractivity contribution in [1.29, 1.82) is 0 Å². The summed E-state index contributed by atoms with van der Waals surface area (Å²) < 4.78 is 0. The zero-order chi connectivity index (χ0) is 12.1. The lowest BCUT2D eigenvalue weighted by atomic mass is 10.1. The summed E-state index contributed by atoms with van der Waals surface area (Å²) in [6.45, 7) is 6.85. The highest BCUT2D eigenvalue weighted by Crippen LogP contribution is 2.19. The topological polar surface area (TPSA) is 28.2 Å². The number of aromatic nitrogens is 1. The fourth-order valence-corrected chi connectivity index (χ4v) is 3.38. The van der Waals surface area contributed by atoms with E-state index in [4.69, 9.17) is 4.98 Å². The van der Waals surface area contributed by atoms with E-state index in [1.807, 2.05) is 18.4 Å². The molecular weight excluding hydrogens is 301 g/mol. The standard InChI is InChI=1S/C13H23N3S.2ClH/c1-3-4-13-15-12(10-17-13)9-16-6-5-11(8-16)7-14-2;;/h10-11,14H,3-9H2,1-2H3;2*1H. The molecular formula is C13H25Cl2N3S. The number of halogens is 2. The van der Waals surface area contributed by atoms with Gasteiger partial charge in [0, 0.05) is 18.5 Å². The first-order chi connectivity index (χ1) is 8.31. The minimum atomic E-state index is 0. The molecule has 2 rings (SSSR count). The highest BCUT2D eigenvalue weighted by atomic mass is 35.5. The van der Waals surface area contributed by atoms with Crippen LogP contribution in [-0.2, 0) is 13.0 Å². The van der Waals surface area contributed by atoms with Crippen LogP contribution in [0, 0.1) is 5.92 Å². The van der Waals surface area contributed by atoms with E-state index in [0.717, 1.165) is 25.4 Å². The first kappa shape index (κ1) is 19.1. The third-order valence-corrected chi connectivity index (χ3v) is 4.27. The molecule has 6 heteroatoms. The predicted molar refractivity (Wildman–Crippen MR) is 87.9 cm³/mol. The molecule has 1 saturated heterocycles. The second kappa shape index (κ2) is 9.94. The fraction of sp³-hybridized carbons (Fsp3) is 0.769. The van der Waals surface area contributed by atoms with Crippen molar-refractivity contribution in [3.05, 3.63) is 16.1 Å². The number of hydrogen-bond acceptors (Lipinski definition) is 4. The number of likely N-dealkylation sites (tertiary alicyclic amines) is 1. The van der Waals surface area contributed by atoms with Crippen molar-refractivity contribution in [1.82, 2.24) is 15.2 Å². The van der Waals surface area contributed by atoms with E-state index in [-0.39, 0.29) is 24.8 Å². The van der Waals surface area contributed by atoms with E-state index in [0.29, 0.717) is 0 Å². The summed E-state index contributed by atoms with van der Waals surface area (Å²) in [6.07, 6.45) is 3.65. The number of nitrogens with zero attached hydrogens (tertiary/aromatic N) is 2. The average molecular weight is 326 g/mol. The van der Waals surface area contributed by atoms with E-state index < -0.39 is 0 Å². The molecule has 2 heterocycles.